The van der Waals surface area contributed by atoms with Crippen LogP contribution < -0.4 is 0 Å². The van der Waals surface area contributed by atoms with E-state index < -0.39 is 5.82 Å². The van der Waals surface area contributed by atoms with Crippen molar-refractivity contribution in [3.63, 3.8) is 0 Å². The van der Waals surface area contributed by atoms with Gasteiger partial charge in [-0.15, -0.1) is 0 Å². The van der Waals surface area contributed by atoms with Gasteiger partial charge in [-0.2, -0.15) is 0 Å². The van der Waals surface area contributed by atoms with Crippen molar-refractivity contribution in [1.82, 2.24) is 38.2 Å². The Morgan fingerprint density at radius 2 is 0.494 bits per heavy atom. The number of hydrogen-bond donors (Lipinski definition) is 0. The fraction of sp³-hybridized carbons (Fsp3) is 0. The van der Waals surface area contributed by atoms with Crippen LogP contribution in [0.3, 0.4) is 0 Å². The fourth-order valence-electron chi connectivity index (χ4n) is 13.1. The predicted octanol–water partition coefficient (Wildman–Crippen LogP) is 18.5. The van der Waals surface area contributed by atoms with Crippen LogP contribution in [0.4, 0.5) is 4.39 Å². The van der Waals surface area contributed by atoms with Crippen LogP contribution in [0.1, 0.15) is 0 Å². The molecule has 0 fully saturated rings. The molecule has 0 aliphatic rings. The fourth-order valence-corrected chi connectivity index (χ4v) is 13.1. The molecule has 8 nitrogen and oxygen atoms in total. The Hall–Kier alpha value is -11.3. The third-order valence-electron chi connectivity index (χ3n) is 16.8. The summed E-state index contributed by atoms with van der Waals surface area (Å²) in [6, 6.07) is 78.5. The lowest BCUT2D eigenvalue weighted by Gasteiger charge is -2.24. The average Bonchev–Trinajstić information content (AvgIpc) is 2.36. The molecule has 17 rings (SSSR count). The van der Waals surface area contributed by atoms with Gasteiger partial charge in [0, 0.05) is 115 Å². The van der Waals surface area contributed by atoms with Gasteiger partial charge in [0.25, 0.3) is 0 Å². The van der Waals surface area contributed by atoms with Gasteiger partial charge in [-0.25, -0.2) is 4.39 Å². The highest BCUT2D eigenvalue weighted by molar-refractivity contribution is 6.16. The quantitative estimate of drug-likeness (QED) is 0.152. The molecule has 388 valence electrons. The van der Waals surface area contributed by atoms with Gasteiger partial charge in [-0.05, 0) is 125 Å². The summed E-state index contributed by atoms with van der Waals surface area (Å²) in [5.41, 5.74) is 17.4. The number of halogens is 1. The Labute approximate surface area is 474 Å². The Morgan fingerprint density at radius 1 is 0.229 bits per heavy atom. The molecule has 0 radical (unpaired) electrons. The Kier molecular flexibility index (Phi) is 10.3. The average molecular weight is 1070 g/mol. The van der Waals surface area contributed by atoms with Gasteiger partial charge >= 0.3 is 0 Å². The van der Waals surface area contributed by atoms with Gasteiger partial charge in [0.05, 0.1) is 55.5 Å². The monoisotopic (exact) mass is 1060 g/mol. The molecule has 0 spiro atoms. The van der Waals surface area contributed by atoms with E-state index in [1.54, 1.807) is 24.8 Å². The second-order valence-electron chi connectivity index (χ2n) is 21.2. The number of aromatic nitrogens is 8. The molecule has 0 aliphatic heterocycles. The van der Waals surface area contributed by atoms with Gasteiger partial charge in [-0.1, -0.05) is 121 Å². The molecule has 8 aromatic heterocycles. The first kappa shape index (κ1) is 46.6. The number of rotatable bonds is 8. The van der Waals surface area contributed by atoms with Crippen LogP contribution in [0.2, 0.25) is 0 Å². The van der Waals surface area contributed by atoms with E-state index in [9.17, 15) is 0 Å². The Bertz CT molecular complexity index is 4810. The van der Waals surface area contributed by atoms with Crippen LogP contribution >= 0.6 is 0 Å². The minimum Gasteiger partial charge on any atom is -0.307 e. The van der Waals surface area contributed by atoms with Crippen LogP contribution in [0.15, 0.2) is 274 Å². The molecule has 0 amide bonds. The number of benzene rings is 9. The van der Waals surface area contributed by atoms with Gasteiger partial charge in [0.15, 0.2) is 5.82 Å². The highest BCUT2D eigenvalue weighted by atomic mass is 19.1. The summed E-state index contributed by atoms with van der Waals surface area (Å²) in [7, 11) is 0. The number of pyridine rings is 4. The van der Waals surface area contributed by atoms with E-state index >= 15 is 4.39 Å². The summed E-state index contributed by atoms with van der Waals surface area (Å²) in [5, 5.41) is 8.14. The molecule has 83 heavy (non-hydrogen) atoms. The lowest BCUT2D eigenvalue weighted by Crippen LogP contribution is -2.14. The van der Waals surface area contributed by atoms with E-state index in [1.165, 1.54) is 0 Å². The molecular formula is C74H45FN8. The third-order valence-corrected chi connectivity index (χ3v) is 16.8. The smallest absolute Gasteiger partial charge is 0.175 e. The van der Waals surface area contributed by atoms with Crippen molar-refractivity contribution < 1.29 is 4.39 Å². The molecule has 17 aromatic rings. The zero-order valence-electron chi connectivity index (χ0n) is 44.4. The SMILES string of the molecule is Fc1c(-n2c3ccccc3c3ccccc32)c(-n2c3ccc(-c4cccnc4)cc3c3cc(-c4cccnc4)ccc32)cc(-n2c3ccc(-c4cccnc4)cc3c3cc(-c4cccnc4)ccc32)c1-n1c2ccccc2c2ccccc21. The highest BCUT2D eigenvalue weighted by Crippen LogP contribution is 2.48. The van der Waals surface area contributed by atoms with Gasteiger partial charge in [0.2, 0.25) is 0 Å². The van der Waals surface area contributed by atoms with E-state index in [1.807, 2.05) is 49.1 Å². The van der Waals surface area contributed by atoms with Crippen molar-refractivity contribution in [3.05, 3.63) is 280 Å². The van der Waals surface area contributed by atoms with Crippen molar-refractivity contribution in [2.24, 2.45) is 0 Å². The maximum Gasteiger partial charge on any atom is 0.175 e. The second kappa shape index (κ2) is 18.4. The second-order valence-corrected chi connectivity index (χ2v) is 21.2. The zero-order valence-corrected chi connectivity index (χ0v) is 44.4. The van der Waals surface area contributed by atoms with E-state index in [0.29, 0.717) is 22.7 Å². The van der Waals surface area contributed by atoms with Crippen LogP contribution in [-0.4, -0.2) is 38.2 Å². The van der Waals surface area contributed by atoms with Gasteiger partial charge in [-0.3, -0.25) is 19.9 Å². The Balaban J connectivity index is 1.09. The summed E-state index contributed by atoms with van der Waals surface area (Å²) in [6.07, 6.45) is 14.8. The maximum atomic E-state index is 20.9. The van der Waals surface area contributed by atoms with Gasteiger partial charge < -0.3 is 18.3 Å². The molecule has 8 heterocycles. The van der Waals surface area contributed by atoms with E-state index in [-0.39, 0.29) is 0 Å². The van der Waals surface area contributed by atoms with Crippen LogP contribution in [0, 0.1) is 5.82 Å². The standard InChI is InChI=1S/C74H45FN8/c75-72-73(82-62-21-5-1-17-54(62)55-18-2-6-22-63(55)82)70(80-66-29-25-46(50-13-9-33-76-42-50)37-58(66)59-38-47(26-30-67(59)80)51-14-10-34-77-43-51)41-71(74(72)83-64-23-7-3-19-56(64)57-20-4-8-24-65(57)83)81-68-31-27-48(52-15-11-35-78-44-52)39-60(68)61-40-49(28-32-69(61)81)53-16-12-36-79-45-53/h1-45H. The van der Waals surface area contributed by atoms with Crippen molar-refractivity contribution in [2.75, 3.05) is 0 Å². The number of nitrogens with zero attached hydrogens (tertiary/aromatic N) is 8. The summed E-state index contributed by atoms with van der Waals surface area (Å²) in [5.74, 6) is -0.390. The topological polar surface area (TPSA) is 71.3 Å². The molecule has 0 saturated heterocycles. The summed E-state index contributed by atoms with van der Waals surface area (Å²) in [4.78, 5) is 18.1. The normalized spacial score (nSPS) is 11.9. The summed E-state index contributed by atoms with van der Waals surface area (Å²) >= 11 is 0. The predicted molar refractivity (Wildman–Crippen MR) is 337 cm³/mol. The number of hydrogen-bond acceptors (Lipinski definition) is 4. The van der Waals surface area contributed by atoms with E-state index in [0.717, 1.165) is 132 Å². The van der Waals surface area contributed by atoms with Crippen molar-refractivity contribution in [2.45, 2.75) is 0 Å². The van der Waals surface area contributed by atoms with Crippen LogP contribution in [0.25, 0.3) is 154 Å². The molecule has 0 N–H and O–H groups in total. The summed E-state index contributed by atoms with van der Waals surface area (Å²) < 4.78 is 29.8. The molecule has 9 aromatic carbocycles. The molecule has 0 aliphatic carbocycles. The molecule has 9 heteroatoms. The largest absolute Gasteiger partial charge is 0.307 e. The first-order chi connectivity index (χ1) is 41.1. The Morgan fingerprint density at radius 3 is 0.759 bits per heavy atom. The van der Waals surface area contributed by atoms with E-state index in [2.05, 4.69) is 238 Å². The molecular weight excluding hydrogens is 1020 g/mol. The minimum absolute atomic E-state index is 0.390. The van der Waals surface area contributed by atoms with Gasteiger partial charge in [0.1, 0.15) is 11.4 Å². The molecule has 0 saturated carbocycles. The highest BCUT2D eigenvalue weighted by Gasteiger charge is 2.31. The lowest BCUT2D eigenvalue weighted by molar-refractivity contribution is 0.612. The first-order valence-corrected chi connectivity index (χ1v) is 27.8. The molecule has 0 unspecified atom stereocenters. The maximum absolute atomic E-state index is 20.9. The van der Waals surface area contributed by atoms with Crippen LogP contribution in [0.5, 0.6) is 0 Å². The van der Waals surface area contributed by atoms with Crippen molar-refractivity contribution in [3.8, 4) is 67.3 Å². The minimum atomic E-state index is -0.390. The van der Waals surface area contributed by atoms with E-state index in [4.69, 9.17) is 0 Å². The lowest BCUT2D eigenvalue weighted by atomic mass is 10.0. The number of fused-ring (bicyclic) bond motifs is 12. The zero-order chi connectivity index (χ0) is 54.7. The summed E-state index contributed by atoms with van der Waals surface area (Å²) in [6.45, 7) is 0. The number of para-hydroxylation sites is 4. The van der Waals surface area contributed by atoms with Crippen molar-refractivity contribution in [1.29, 1.82) is 0 Å². The molecule has 0 bridgehead atoms. The third kappa shape index (κ3) is 7.11. The first-order valence-electron chi connectivity index (χ1n) is 27.8. The van der Waals surface area contributed by atoms with Crippen LogP contribution in [-0.2, 0) is 0 Å². The molecule has 0 atom stereocenters. The van der Waals surface area contributed by atoms with Crippen molar-refractivity contribution >= 4 is 87.2 Å².